The van der Waals surface area contributed by atoms with E-state index in [2.05, 4.69) is 21.2 Å². The molecular formula is C17H22BrClN2O3. The Hall–Kier alpha value is -1.27. The number of ether oxygens (including phenoxy) is 1. The summed E-state index contributed by atoms with van der Waals surface area (Å²) in [6.07, 6.45) is 1.19. The molecule has 5 nitrogen and oxygen atoms in total. The molecular weight excluding hydrogens is 396 g/mol. The first-order chi connectivity index (χ1) is 11.2. The molecule has 0 aromatic heterocycles. The Bertz CT molecular complexity index is 631. The van der Waals surface area contributed by atoms with Crippen molar-refractivity contribution in [3.05, 3.63) is 33.3 Å². The number of alkyl carbamates (subject to hydrolysis) is 1. The van der Waals surface area contributed by atoms with Gasteiger partial charge in [-0.3, -0.25) is 4.79 Å². The maximum atomic E-state index is 12.7. The zero-order valence-corrected chi connectivity index (χ0v) is 16.4. The van der Waals surface area contributed by atoms with E-state index >= 15 is 0 Å². The van der Waals surface area contributed by atoms with Crippen molar-refractivity contribution in [2.24, 2.45) is 0 Å². The van der Waals surface area contributed by atoms with E-state index < -0.39 is 11.7 Å². The molecule has 0 aliphatic carbocycles. The van der Waals surface area contributed by atoms with Crippen LogP contribution in [0.4, 0.5) is 4.79 Å². The molecule has 0 unspecified atom stereocenters. The fourth-order valence-electron chi connectivity index (χ4n) is 2.59. The van der Waals surface area contributed by atoms with Gasteiger partial charge in [0.2, 0.25) is 0 Å². The summed E-state index contributed by atoms with van der Waals surface area (Å²) in [5.41, 5.74) is -0.0136. The van der Waals surface area contributed by atoms with Gasteiger partial charge in [0, 0.05) is 23.6 Å². The van der Waals surface area contributed by atoms with Gasteiger partial charge in [-0.15, -0.1) is 0 Å². The number of carbonyl (C=O) groups excluding carboxylic acids is 2. The average molecular weight is 418 g/mol. The Kier molecular flexibility index (Phi) is 6.15. The summed E-state index contributed by atoms with van der Waals surface area (Å²) in [6.45, 7) is 6.57. The minimum atomic E-state index is -0.542. The van der Waals surface area contributed by atoms with E-state index in [9.17, 15) is 9.59 Å². The number of nitrogens with one attached hydrogen (secondary N) is 1. The number of piperidine rings is 1. The maximum absolute atomic E-state index is 12.7. The molecule has 7 heteroatoms. The number of benzene rings is 1. The summed E-state index contributed by atoms with van der Waals surface area (Å²) < 4.78 is 5.87. The molecule has 2 rings (SSSR count). The Labute approximate surface area is 155 Å². The van der Waals surface area contributed by atoms with E-state index in [-0.39, 0.29) is 11.9 Å². The third kappa shape index (κ3) is 5.11. The summed E-state index contributed by atoms with van der Waals surface area (Å²) in [5, 5.41) is 3.35. The van der Waals surface area contributed by atoms with Crippen molar-refractivity contribution in [2.45, 2.75) is 45.3 Å². The Morgan fingerprint density at radius 2 is 2.08 bits per heavy atom. The number of rotatable bonds is 2. The first kappa shape index (κ1) is 19.1. The molecule has 1 aromatic rings. The van der Waals surface area contributed by atoms with Gasteiger partial charge in [-0.1, -0.05) is 17.7 Å². The van der Waals surface area contributed by atoms with Crippen LogP contribution in [0.1, 0.15) is 44.0 Å². The Balaban J connectivity index is 2.01. The van der Waals surface area contributed by atoms with Gasteiger partial charge in [0.1, 0.15) is 5.60 Å². The largest absolute Gasteiger partial charge is 0.444 e. The molecule has 1 aromatic carbocycles. The van der Waals surface area contributed by atoms with E-state index in [1.807, 2.05) is 20.8 Å². The fraction of sp³-hybridized carbons (Fsp3) is 0.529. The molecule has 1 N–H and O–H groups in total. The minimum Gasteiger partial charge on any atom is -0.444 e. The minimum absolute atomic E-state index is 0.0972. The highest BCUT2D eigenvalue weighted by Gasteiger charge is 2.28. The number of amides is 2. The van der Waals surface area contributed by atoms with E-state index in [0.717, 1.165) is 12.8 Å². The molecule has 1 heterocycles. The standard InChI is InChI=1S/C17H22BrClN2O3/c1-17(2,3)24-16(23)20-11-6-5-9-21(10-11)15(22)12-7-4-8-13(19)14(12)18/h4,7-8,11H,5-6,9-10H2,1-3H3,(H,20,23)/t11-/m0/s1. The van der Waals surface area contributed by atoms with Crippen molar-refractivity contribution in [2.75, 3.05) is 13.1 Å². The third-order valence-electron chi connectivity index (χ3n) is 3.61. The topological polar surface area (TPSA) is 58.6 Å². The molecule has 2 amide bonds. The van der Waals surface area contributed by atoms with E-state index in [0.29, 0.717) is 28.1 Å². The van der Waals surface area contributed by atoms with E-state index in [4.69, 9.17) is 16.3 Å². The predicted octanol–water partition coefficient (Wildman–Crippen LogP) is 4.23. The smallest absolute Gasteiger partial charge is 0.407 e. The SMILES string of the molecule is CC(C)(C)OC(=O)N[C@H]1CCCN(C(=O)c2cccc(Cl)c2Br)C1. The van der Waals surface area contributed by atoms with Crippen LogP contribution in [0.15, 0.2) is 22.7 Å². The monoisotopic (exact) mass is 416 g/mol. The van der Waals surface area contributed by atoms with Crippen molar-refractivity contribution in [1.82, 2.24) is 10.2 Å². The molecule has 1 saturated heterocycles. The zero-order chi connectivity index (χ0) is 17.9. The lowest BCUT2D eigenvalue weighted by Crippen LogP contribution is -2.50. The molecule has 0 saturated carbocycles. The van der Waals surface area contributed by atoms with Gasteiger partial charge < -0.3 is 15.0 Å². The molecule has 0 radical (unpaired) electrons. The van der Waals surface area contributed by atoms with Gasteiger partial charge in [-0.05, 0) is 61.7 Å². The van der Waals surface area contributed by atoms with Gasteiger partial charge in [-0.2, -0.15) is 0 Å². The number of nitrogens with zero attached hydrogens (tertiary/aromatic N) is 1. The normalized spacial score (nSPS) is 18.2. The fourth-order valence-corrected chi connectivity index (χ4v) is 3.20. The second-order valence-electron chi connectivity index (χ2n) is 6.84. The van der Waals surface area contributed by atoms with E-state index in [1.54, 1.807) is 23.1 Å². The summed E-state index contributed by atoms with van der Waals surface area (Å²) in [6, 6.07) is 5.10. The molecule has 1 fully saturated rings. The number of hydrogen-bond donors (Lipinski definition) is 1. The van der Waals surface area contributed by atoms with Crippen LogP contribution in [0.5, 0.6) is 0 Å². The van der Waals surface area contributed by atoms with Gasteiger partial charge in [0.25, 0.3) is 5.91 Å². The van der Waals surface area contributed by atoms with Crippen LogP contribution in [0.2, 0.25) is 5.02 Å². The summed E-state index contributed by atoms with van der Waals surface area (Å²) in [5.74, 6) is -0.0972. The number of halogens is 2. The lowest BCUT2D eigenvalue weighted by Gasteiger charge is -2.33. The Morgan fingerprint density at radius 1 is 1.38 bits per heavy atom. The van der Waals surface area contributed by atoms with Crippen LogP contribution < -0.4 is 5.32 Å². The second kappa shape index (κ2) is 7.74. The first-order valence-electron chi connectivity index (χ1n) is 7.90. The van der Waals surface area contributed by atoms with Gasteiger partial charge >= 0.3 is 6.09 Å². The molecule has 1 aliphatic heterocycles. The number of carbonyl (C=O) groups is 2. The number of hydrogen-bond acceptors (Lipinski definition) is 3. The van der Waals surface area contributed by atoms with E-state index in [1.165, 1.54) is 0 Å². The summed E-state index contributed by atoms with van der Waals surface area (Å²) >= 11 is 9.43. The first-order valence-corrected chi connectivity index (χ1v) is 9.07. The van der Waals surface area contributed by atoms with Crippen LogP contribution >= 0.6 is 27.5 Å². The van der Waals surface area contributed by atoms with Crippen LogP contribution in [0.25, 0.3) is 0 Å². The van der Waals surface area contributed by atoms with Crippen molar-refractivity contribution in [3.8, 4) is 0 Å². The van der Waals surface area contributed by atoms with Crippen LogP contribution in [0, 0.1) is 0 Å². The average Bonchev–Trinajstić information content (AvgIpc) is 2.47. The summed E-state index contributed by atoms with van der Waals surface area (Å²) in [7, 11) is 0. The van der Waals surface area contributed by atoms with Crippen molar-refractivity contribution in [3.63, 3.8) is 0 Å². The molecule has 24 heavy (non-hydrogen) atoms. The predicted molar refractivity (Wildman–Crippen MR) is 97.4 cm³/mol. The van der Waals surface area contributed by atoms with Gasteiger partial charge in [0.05, 0.1) is 10.6 Å². The van der Waals surface area contributed by atoms with Gasteiger partial charge in [-0.25, -0.2) is 4.79 Å². The second-order valence-corrected chi connectivity index (χ2v) is 8.04. The molecule has 1 atom stereocenters. The molecule has 0 spiro atoms. The van der Waals surface area contributed by atoms with Crippen LogP contribution in [-0.4, -0.2) is 41.6 Å². The van der Waals surface area contributed by atoms with Crippen LogP contribution in [0.3, 0.4) is 0 Å². The quantitative estimate of drug-likeness (QED) is 0.783. The van der Waals surface area contributed by atoms with Crippen LogP contribution in [-0.2, 0) is 4.74 Å². The van der Waals surface area contributed by atoms with Crippen molar-refractivity contribution >= 4 is 39.5 Å². The zero-order valence-electron chi connectivity index (χ0n) is 14.1. The van der Waals surface area contributed by atoms with Crippen molar-refractivity contribution in [1.29, 1.82) is 0 Å². The lowest BCUT2D eigenvalue weighted by molar-refractivity contribution is 0.0452. The van der Waals surface area contributed by atoms with Crippen molar-refractivity contribution < 1.29 is 14.3 Å². The number of likely N-dealkylation sites (tertiary alicyclic amines) is 1. The van der Waals surface area contributed by atoms with Gasteiger partial charge in [0.15, 0.2) is 0 Å². The third-order valence-corrected chi connectivity index (χ3v) is 5.01. The lowest BCUT2D eigenvalue weighted by atomic mass is 10.0. The Morgan fingerprint density at radius 3 is 2.75 bits per heavy atom. The highest BCUT2D eigenvalue weighted by molar-refractivity contribution is 9.10. The maximum Gasteiger partial charge on any atom is 0.407 e. The summed E-state index contributed by atoms with van der Waals surface area (Å²) in [4.78, 5) is 26.4. The molecule has 1 aliphatic rings. The highest BCUT2D eigenvalue weighted by Crippen LogP contribution is 2.27. The molecule has 132 valence electrons. The highest BCUT2D eigenvalue weighted by atomic mass is 79.9. The molecule has 0 bridgehead atoms.